The second-order valence-electron chi connectivity index (χ2n) is 4.40. The Morgan fingerprint density at radius 3 is 2.95 bits per heavy atom. The highest BCUT2D eigenvalue weighted by Gasteiger charge is 2.14. The number of benzene rings is 1. The third-order valence-electron chi connectivity index (χ3n) is 2.76. The van der Waals surface area contributed by atoms with Crippen LogP contribution >= 0.6 is 15.9 Å². The fourth-order valence-electron chi connectivity index (χ4n) is 1.87. The molecule has 0 aliphatic carbocycles. The molecule has 0 saturated heterocycles. The Hall–Kier alpha value is -1.69. The Balaban J connectivity index is 1.96. The lowest BCUT2D eigenvalue weighted by Gasteiger charge is -2.13. The van der Waals surface area contributed by atoms with Crippen LogP contribution in [0.25, 0.3) is 0 Å². The predicted octanol–water partition coefficient (Wildman–Crippen LogP) is 2.00. The van der Waals surface area contributed by atoms with Crippen LogP contribution in [0.4, 0.5) is 0 Å². The molecular weight excluding hydrogens is 308 g/mol. The molecule has 1 aromatic heterocycles. The molecule has 0 radical (unpaired) electrons. The van der Waals surface area contributed by atoms with E-state index in [-0.39, 0.29) is 11.9 Å². The number of amides is 1. The average molecular weight is 323 g/mol. The van der Waals surface area contributed by atoms with E-state index in [1.165, 1.54) is 0 Å². The number of nitrogens with zero attached hydrogens (tertiary/aromatic N) is 3. The molecule has 1 N–H and O–H groups in total. The van der Waals surface area contributed by atoms with Crippen LogP contribution in [0.5, 0.6) is 0 Å². The Bertz CT molecular complexity index is 582. The Morgan fingerprint density at radius 2 is 2.32 bits per heavy atom. The number of rotatable bonds is 4. The number of nitrogens with one attached hydrogen (secondary N) is 1. The monoisotopic (exact) mass is 322 g/mol. The van der Waals surface area contributed by atoms with Gasteiger partial charge < -0.3 is 9.88 Å². The molecule has 0 aliphatic heterocycles. The molecule has 0 spiro atoms. The summed E-state index contributed by atoms with van der Waals surface area (Å²) < 4.78 is 2.77. The van der Waals surface area contributed by atoms with Crippen LogP contribution in [0.3, 0.4) is 0 Å². The van der Waals surface area contributed by atoms with Crippen molar-refractivity contribution in [3.63, 3.8) is 0 Å². The van der Waals surface area contributed by atoms with Crippen molar-refractivity contribution >= 4 is 21.8 Å². The zero-order valence-corrected chi connectivity index (χ0v) is 12.4. The van der Waals surface area contributed by atoms with Gasteiger partial charge in [0.25, 0.3) is 0 Å². The molecule has 6 heteroatoms. The molecule has 0 bridgehead atoms. The van der Waals surface area contributed by atoms with Gasteiger partial charge in [-0.15, -0.1) is 10.2 Å². The summed E-state index contributed by atoms with van der Waals surface area (Å²) in [5, 5.41) is 10.7. The summed E-state index contributed by atoms with van der Waals surface area (Å²) in [5.41, 5.74) is 0.969. The van der Waals surface area contributed by atoms with Crippen molar-refractivity contribution in [2.24, 2.45) is 7.05 Å². The maximum Gasteiger partial charge on any atom is 0.224 e. The van der Waals surface area contributed by atoms with Crippen LogP contribution in [0, 0.1) is 0 Å². The minimum Gasteiger partial charge on any atom is -0.346 e. The molecule has 1 heterocycles. The topological polar surface area (TPSA) is 59.8 Å². The summed E-state index contributed by atoms with van der Waals surface area (Å²) in [5.74, 6) is 0.705. The zero-order valence-electron chi connectivity index (χ0n) is 10.8. The van der Waals surface area contributed by atoms with Gasteiger partial charge in [-0.05, 0) is 24.6 Å². The minimum absolute atomic E-state index is 0.0337. The molecule has 2 aromatic rings. The van der Waals surface area contributed by atoms with Crippen molar-refractivity contribution in [2.45, 2.75) is 19.4 Å². The first-order valence-electron chi connectivity index (χ1n) is 5.94. The van der Waals surface area contributed by atoms with Crippen LogP contribution in [0.15, 0.2) is 35.1 Å². The number of aromatic nitrogens is 3. The molecule has 0 fully saturated rings. The van der Waals surface area contributed by atoms with E-state index < -0.39 is 0 Å². The Morgan fingerprint density at radius 1 is 1.53 bits per heavy atom. The summed E-state index contributed by atoms with van der Waals surface area (Å²) in [6.07, 6.45) is 1.97. The molecule has 1 aromatic carbocycles. The zero-order chi connectivity index (χ0) is 13.8. The number of hydrogen-bond donors (Lipinski definition) is 1. The summed E-state index contributed by atoms with van der Waals surface area (Å²) in [6, 6.07) is 7.55. The number of aryl methyl sites for hydroxylation is 1. The van der Waals surface area contributed by atoms with Gasteiger partial charge in [-0.3, -0.25) is 4.79 Å². The van der Waals surface area contributed by atoms with Crippen LogP contribution in [-0.2, 0) is 18.3 Å². The Labute approximate surface area is 120 Å². The largest absolute Gasteiger partial charge is 0.346 e. The van der Waals surface area contributed by atoms with Crippen LogP contribution in [-0.4, -0.2) is 20.7 Å². The van der Waals surface area contributed by atoms with Gasteiger partial charge in [-0.25, -0.2) is 0 Å². The molecule has 1 atom stereocenters. The van der Waals surface area contributed by atoms with Crippen LogP contribution < -0.4 is 5.32 Å². The maximum absolute atomic E-state index is 12.0. The molecule has 0 saturated carbocycles. The SMILES string of the molecule is C[C@H](NC(=O)Cc1cccc(Br)c1)c1nncn1C. The molecule has 1 amide bonds. The minimum atomic E-state index is -0.160. The summed E-state index contributed by atoms with van der Waals surface area (Å²) in [4.78, 5) is 12.0. The highest BCUT2D eigenvalue weighted by Crippen LogP contribution is 2.13. The van der Waals surface area contributed by atoms with E-state index in [2.05, 4.69) is 31.4 Å². The molecular formula is C13H15BrN4O. The third kappa shape index (κ3) is 3.64. The second kappa shape index (κ2) is 5.97. The number of carbonyl (C=O) groups is 1. The van der Waals surface area contributed by atoms with Crippen molar-refractivity contribution in [3.05, 3.63) is 46.5 Å². The van der Waals surface area contributed by atoms with E-state index in [1.54, 1.807) is 10.9 Å². The summed E-state index contributed by atoms with van der Waals surface area (Å²) >= 11 is 3.39. The first kappa shape index (κ1) is 13.7. The molecule has 5 nitrogen and oxygen atoms in total. The van der Waals surface area contributed by atoms with Gasteiger partial charge in [0.1, 0.15) is 6.33 Å². The standard InChI is InChI=1S/C13H15BrN4O/c1-9(13-17-15-8-18(13)2)16-12(19)7-10-4-3-5-11(14)6-10/h3-6,8-9H,7H2,1-2H3,(H,16,19)/t9-/m0/s1. The summed E-state index contributed by atoms with van der Waals surface area (Å²) in [6.45, 7) is 1.89. The fourth-order valence-corrected chi connectivity index (χ4v) is 2.32. The van der Waals surface area contributed by atoms with Gasteiger partial charge in [0.05, 0.1) is 12.5 Å². The lowest BCUT2D eigenvalue weighted by molar-refractivity contribution is -0.121. The van der Waals surface area contributed by atoms with Crippen molar-refractivity contribution in [1.82, 2.24) is 20.1 Å². The third-order valence-corrected chi connectivity index (χ3v) is 3.26. The van der Waals surface area contributed by atoms with Crippen molar-refractivity contribution in [3.8, 4) is 0 Å². The Kier molecular flexibility index (Phi) is 4.31. The lowest BCUT2D eigenvalue weighted by Crippen LogP contribution is -2.29. The number of halogens is 1. The van der Waals surface area contributed by atoms with E-state index in [4.69, 9.17) is 0 Å². The lowest BCUT2D eigenvalue weighted by atomic mass is 10.1. The van der Waals surface area contributed by atoms with E-state index in [0.717, 1.165) is 15.9 Å². The smallest absolute Gasteiger partial charge is 0.224 e. The van der Waals surface area contributed by atoms with Crippen LogP contribution in [0.1, 0.15) is 24.4 Å². The van der Waals surface area contributed by atoms with Gasteiger partial charge in [-0.2, -0.15) is 0 Å². The highest BCUT2D eigenvalue weighted by molar-refractivity contribution is 9.10. The highest BCUT2D eigenvalue weighted by atomic mass is 79.9. The van der Waals surface area contributed by atoms with Gasteiger partial charge in [-0.1, -0.05) is 28.1 Å². The van der Waals surface area contributed by atoms with Gasteiger partial charge >= 0.3 is 0 Å². The van der Waals surface area contributed by atoms with Gasteiger partial charge in [0.15, 0.2) is 5.82 Å². The van der Waals surface area contributed by atoms with Crippen molar-refractivity contribution in [2.75, 3.05) is 0 Å². The van der Waals surface area contributed by atoms with E-state index in [9.17, 15) is 4.79 Å². The van der Waals surface area contributed by atoms with Gasteiger partial charge in [0, 0.05) is 11.5 Å². The number of hydrogen-bond acceptors (Lipinski definition) is 3. The maximum atomic E-state index is 12.0. The number of carbonyl (C=O) groups excluding carboxylic acids is 1. The van der Waals surface area contributed by atoms with Gasteiger partial charge in [0.2, 0.25) is 5.91 Å². The predicted molar refractivity (Wildman–Crippen MR) is 75.4 cm³/mol. The summed E-state index contributed by atoms with van der Waals surface area (Å²) in [7, 11) is 1.85. The molecule has 0 unspecified atom stereocenters. The van der Waals surface area contributed by atoms with Crippen molar-refractivity contribution < 1.29 is 4.79 Å². The molecule has 100 valence electrons. The normalized spacial score (nSPS) is 12.2. The first-order valence-corrected chi connectivity index (χ1v) is 6.73. The fraction of sp³-hybridized carbons (Fsp3) is 0.308. The van der Waals surface area contributed by atoms with E-state index in [0.29, 0.717) is 6.42 Å². The quantitative estimate of drug-likeness (QED) is 0.936. The van der Waals surface area contributed by atoms with E-state index in [1.807, 2.05) is 38.2 Å². The first-order chi connectivity index (χ1) is 9.06. The molecule has 19 heavy (non-hydrogen) atoms. The van der Waals surface area contributed by atoms with Crippen LogP contribution in [0.2, 0.25) is 0 Å². The van der Waals surface area contributed by atoms with Crippen molar-refractivity contribution in [1.29, 1.82) is 0 Å². The molecule has 2 rings (SSSR count). The average Bonchev–Trinajstić information content (AvgIpc) is 2.75. The van der Waals surface area contributed by atoms with E-state index >= 15 is 0 Å². The molecule has 0 aliphatic rings. The second-order valence-corrected chi connectivity index (χ2v) is 5.31.